The largest absolute Gasteiger partial charge is 0.368 e. The van der Waals surface area contributed by atoms with Crippen molar-refractivity contribution in [2.24, 2.45) is 0 Å². The minimum Gasteiger partial charge on any atom is -0.368 e. The molecule has 2 unspecified atom stereocenters. The highest BCUT2D eigenvalue weighted by Gasteiger charge is 2.25. The zero-order chi connectivity index (χ0) is 13.2. The number of aromatic nitrogens is 1. The normalized spacial score (nSPS) is 23.8. The van der Waals surface area contributed by atoms with Gasteiger partial charge in [0.05, 0.1) is 5.52 Å². The lowest BCUT2D eigenvalue weighted by molar-refractivity contribution is 0.387. The van der Waals surface area contributed by atoms with E-state index in [1.807, 2.05) is 12.3 Å². The van der Waals surface area contributed by atoms with Crippen LogP contribution in [0.3, 0.4) is 0 Å². The Bertz CT molecular complexity index is 561. The Morgan fingerprint density at radius 1 is 1.26 bits per heavy atom. The van der Waals surface area contributed by atoms with Crippen LogP contribution in [-0.2, 0) is 0 Å². The molecule has 0 spiro atoms. The van der Waals surface area contributed by atoms with Gasteiger partial charge >= 0.3 is 0 Å². The molecule has 1 saturated heterocycles. The molecule has 2 aromatic rings. The third-order valence-electron chi connectivity index (χ3n) is 4.22. The van der Waals surface area contributed by atoms with Crippen LogP contribution in [0.4, 0.5) is 5.69 Å². The molecule has 0 saturated carbocycles. The summed E-state index contributed by atoms with van der Waals surface area (Å²) in [5.74, 6) is 0. The highest BCUT2D eigenvalue weighted by Crippen LogP contribution is 2.30. The van der Waals surface area contributed by atoms with Gasteiger partial charge in [0.1, 0.15) is 0 Å². The third kappa shape index (κ3) is 2.30. The minimum absolute atomic E-state index is 0.567. The topological polar surface area (TPSA) is 28.2 Å². The van der Waals surface area contributed by atoms with E-state index in [1.165, 1.54) is 23.9 Å². The molecule has 3 nitrogen and oxygen atoms in total. The summed E-state index contributed by atoms with van der Waals surface area (Å²) in [6, 6.07) is 11.8. The Labute approximate surface area is 114 Å². The highest BCUT2D eigenvalue weighted by atomic mass is 15.2. The number of benzene rings is 1. The lowest BCUT2D eigenvalue weighted by Gasteiger charge is -2.39. The Balaban J connectivity index is 1.96. The van der Waals surface area contributed by atoms with Gasteiger partial charge in [-0.15, -0.1) is 0 Å². The number of pyridine rings is 1. The van der Waals surface area contributed by atoms with E-state index in [1.54, 1.807) is 0 Å². The van der Waals surface area contributed by atoms with Crippen LogP contribution in [0.15, 0.2) is 36.5 Å². The number of fused-ring (bicyclic) bond motifs is 1. The molecule has 0 radical (unpaired) electrons. The van der Waals surface area contributed by atoms with E-state index < -0.39 is 0 Å². The molecule has 1 N–H and O–H groups in total. The molecular weight excluding hydrogens is 234 g/mol. The first-order chi connectivity index (χ1) is 9.29. The number of hydrogen-bond donors (Lipinski definition) is 1. The second kappa shape index (κ2) is 5.17. The van der Waals surface area contributed by atoms with E-state index in [9.17, 15) is 0 Å². The van der Waals surface area contributed by atoms with Crippen LogP contribution in [-0.4, -0.2) is 30.7 Å². The van der Waals surface area contributed by atoms with Crippen LogP contribution in [0.2, 0.25) is 0 Å². The predicted octanol–water partition coefficient (Wildman–Crippen LogP) is 2.81. The number of piperidine rings is 1. The summed E-state index contributed by atoms with van der Waals surface area (Å²) in [6.07, 6.45) is 4.27. The van der Waals surface area contributed by atoms with Crippen LogP contribution >= 0.6 is 0 Å². The molecule has 100 valence electrons. The summed E-state index contributed by atoms with van der Waals surface area (Å²) in [7, 11) is 2.06. The molecule has 1 aliphatic heterocycles. The highest BCUT2D eigenvalue weighted by molar-refractivity contribution is 5.91. The summed E-state index contributed by atoms with van der Waals surface area (Å²) >= 11 is 0. The summed E-state index contributed by atoms with van der Waals surface area (Å²) in [6.45, 7) is 3.43. The first-order valence-corrected chi connectivity index (χ1v) is 7.07. The second-order valence-corrected chi connectivity index (χ2v) is 5.40. The quantitative estimate of drug-likeness (QED) is 0.894. The van der Waals surface area contributed by atoms with Crippen molar-refractivity contribution in [3.63, 3.8) is 0 Å². The average molecular weight is 255 g/mol. The Kier molecular flexibility index (Phi) is 3.38. The lowest BCUT2D eigenvalue weighted by Crippen LogP contribution is -2.46. The molecule has 2 atom stereocenters. The molecule has 0 aliphatic carbocycles. The Morgan fingerprint density at radius 3 is 2.95 bits per heavy atom. The van der Waals surface area contributed by atoms with E-state index >= 15 is 0 Å². The maximum atomic E-state index is 4.45. The maximum Gasteiger partial charge on any atom is 0.0722 e. The van der Waals surface area contributed by atoms with Crippen molar-refractivity contribution in [3.05, 3.63) is 36.5 Å². The second-order valence-electron chi connectivity index (χ2n) is 5.40. The Hall–Kier alpha value is -1.61. The number of anilines is 1. The number of hydrogen-bond acceptors (Lipinski definition) is 3. The van der Waals surface area contributed by atoms with Crippen molar-refractivity contribution in [1.82, 2.24) is 10.3 Å². The van der Waals surface area contributed by atoms with E-state index in [-0.39, 0.29) is 0 Å². The van der Waals surface area contributed by atoms with Gasteiger partial charge in [-0.1, -0.05) is 6.07 Å². The number of nitrogens with one attached hydrogen (secondary N) is 1. The minimum atomic E-state index is 0.567. The van der Waals surface area contributed by atoms with Crippen molar-refractivity contribution < 1.29 is 0 Å². The van der Waals surface area contributed by atoms with E-state index in [2.05, 4.69) is 53.4 Å². The molecular formula is C16H21N3. The van der Waals surface area contributed by atoms with Crippen molar-refractivity contribution in [3.8, 4) is 0 Å². The fraction of sp³-hybridized carbons (Fsp3) is 0.438. The summed E-state index contributed by atoms with van der Waals surface area (Å²) < 4.78 is 0. The molecule has 0 bridgehead atoms. The van der Waals surface area contributed by atoms with Crippen LogP contribution in [0, 0.1) is 0 Å². The van der Waals surface area contributed by atoms with Gasteiger partial charge in [-0.25, -0.2) is 0 Å². The third-order valence-corrected chi connectivity index (χ3v) is 4.22. The van der Waals surface area contributed by atoms with Gasteiger partial charge in [0, 0.05) is 35.9 Å². The van der Waals surface area contributed by atoms with E-state index in [4.69, 9.17) is 0 Å². The van der Waals surface area contributed by atoms with Crippen LogP contribution in [0.25, 0.3) is 10.9 Å². The van der Waals surface area contributed by atoms with Crippen LogP contribution in [0.1, 0.15) is 19.8 Å². The van der Waals surface area contributed by atoms with Gasteiger partial charge in [-0.3, -0.25) is 4.98 Å². The van der Waals surface area contributed by atoms with Gasteiger partial charge in [0.25, 0.3) is 0 Å². The molecule has 0 amide bonds. The fourth-order valence-corrected chi connectivity index (χ4v) is 3.13. The van der Waals surface area contributed by atoms with Gasteiger partial charge in [0.2, 0.25) is 0 Å². The predicted molar refractivity (Wildman–Crippen MR) is 80.6 cm³/mol. The molecule has 1 fully saturated rings. The summed E-state index contributed by atoms with van der Waals surface area (Å²) in [4.78, 5) is 6.98. The van der Waals surface area contributed by atoms with Gasteiger partial charge in [0.15, 0.2) is 0 Å². The van der Waals surface area contributed by atoms with Crippen molar-refractivity contribution >= 4 is 16.6 Å². The van der Waals surface area contributed by atoms with Crippen molar-refractivity contribution in [1.29, 1.82) is 0 Å². The first-order valence-electron chi connectivity index (χ1n) is 7.07. The zero-order valence-corrected chi connectivity index (χ0v) is 11.6. The van der Waals surface area contributed by atoms with E-state index in [0.29, 0.717) is 12.1 Å². The molecule has 1 aromatic heterocycles. The molecule has 1 aromatic carbocycles. The average Bonchev–Trinajstić information content (AvgIpc) is 2.46. The lowest BCUT2D eigenvalue weighted by atomic mass is 9.97. The SMILES string of the molecule is CNC1CCN(c2cccc3ncccc23)C(C)C1. The molecule has 19 heavy (non-hydrogen) atoms. The Morgan fingerprint density at radius 2 is 2.16 bits per heavy atom. The fourth-order valence-electron chi connectivity index (χ4n) is 3.13. The standard InChI is InChI=1S/C16H21N3/c1-12-11-13(17-2)8-10-19(12)16-7-3-6-15-14(16)5-4-9-18-15/h3-7,9,12-13,17H,8,10-11H2,1-2H3. The van der Waals surface area contributed by atoms with Crippen LogP contribution in [0.5, 0.6) is 0 Å². The molecule has 3 rings (SSSR count). The zero-order valence-electron chi connectivity index (χ0n) is 11.6. The van der Waals surface area contributed by atoms with Gasteiger partial charge in [-0.2, -0.15) is 0 Å². The number of nitrogens with zero attached hydrogens (tertiary/aromatic N) is 2. The molecule has 3 heteroatoms. The summed E-state index contributed by atoms with van der Waals surface area (Å²) in [5.41, 5.74) is 2.41. The smallest absolute Gasteiger partial charge is 0.0722 e. The molecule has 2 heterocycles. The van der Waals surface area contributed by atoms with Crippen molar-refractivity contribution in [2.75, 3.05) is 18.5 Å². The van der Waals surface area contributed by atoms with Gasteiger partial charge in [-0.05, 0) is 51.1 Å². The summed E-state index contributed by atoms with van der Waals surface area (Å²) in [5, 5.41) is 4.67. The van der Waals surface area contributed by atoms with Crippen LogP contribution < -0.4 is 10.2 Å². The maximum absolute atomic E-state index is 4.45. The monoisotopic (exact) mass is 255 g/mol. The van der Waals surface area contributed by atoms with Gasteiger partial charge < -0.3 is 10.2 Å². The molecule has 1 aliphatic rings. The first kappa shape index (κ1) is 12.4. The van der Waals surface area contributed by atoms with Crippen molar-refractivity contribution in [2.45, 2.75) is 31.8 Å². The van der Waals surface area contributed by atoms with E-state index in [0.717, 1.165) is 12.1 Å². The number of rotatable bonds is 2.